The number of rotatable bonds is 3. The number of anilines is 1. The van der Waals surface area contributed by atoms with Crippen LogP contribution in [0.1, 0.15) is 29.7 Å². The smallest absolute Gasteiger partial charge is 0.303 e. The third kappa shape index (κ3) is 2.92. The highest BCUT2D eigenvalue weighted by atomic mass is 16.6. The molecule has 2 aliphatic rings. The Labute approximate surface area is 169 Å². The maximum atomic E-state index is 12.9. The van der Waals surface area contributed by atoms with Gasteiger partial charge in [0.2, 0.25) is 6.10 Å². The van der Waals surface area contributed by atoms with Gasteiger partial charge in [0, 0.05) is 12.6 Å². The second kappa shape index (κ2) is 6.89. The summed E-state index contributed by atoms with van der Waals surface area (Å²) in [7, 11) is 0. The minimum atomic E-state index is -0.779. The fourth-order valence-electron chi connectivity index (χ4n) is 4.47. The molecule has 2 atom stereocenters. The lowest BCUT2D eigenvalue weighted by Gasteiger charge is -2.46. The van der Waals surface area contributed by atoms with Crippen LogP contribution in [0.15, 0.2) is 72.8 Å². The molecule has 0 radical (unpaired) electrons. The highest BCUT2D eigenvalue weighted by molar-refractivity contribution is 6.06. The number of fused-ring (bicyclic) bond motifs is 3. The number of hydrogen-bond donors (Lipinski definition) is 0. The van der Waals surface area contributed by atoms with Crippen molar-refractivity contribution in [1.82, 2.24) is 0 Å². The molecule has 5 rings (SSSR count). The van der Waals surface area contributed by atoms with Crippen molar-refractivity contribution in [2.75, 3.05) is 4.90 Å². The average molecular weight is 383 g/mol. The van der Waals surface area contributed by atoms with Gasteiger partial charge in [-0.15, -0.1) is 0 Å². The molecular formula is C25H21NO3. The van der Waals surface area contributed by atoms with Gasteiger partial charge in [-0.05, 0) is 52.8 Å². The van der Waals surface area contributed by atoms with E-state index >= 15 is 0 Å². The van der Waals surface area contributed by atoms with Crippen molar-refractivity contribution in [2.24, 2.45) is 0 Å². The second-order valence-electron chi connectivity index (χ2n) is 7.59. The van der Waals surface area contributed by atoms with Crippen molar-refractivity contribution in [2.45, 2.75) is 31.9 Å². The van der Waals surface area contributed by atoms with Gasteiger partial charge in [0.05, 0.1) is 0 Å². The van der Waals surface area contributed by atoms with Crippen LogP contribution in [0.3, 0.4) is 0 Å². The Bertz CT molecular complexity index is 1110. The second-order valence-corrected chi connectivity index (χ2v) is 7.59. The summed E-state index contributed by atoms with van der Waals surface area (Å²) in [6, 6.07) is 24.1. The number of carbonyl (C=O) groups excluding carboxylic acids is 2. The molecule has 1 amide bonds. The minimum absolute atomic E-state index is 0.182. The molecule has 4 nitrogen and oxygen atoms in total. The topological polar surface area (TPSA) is 46.6 Å². The molecule has 0 bridgehead atoms. The molecule has 144 valence electrons. The van der Waals surface area contributed by atoms with Crippen LogP contribution in [0.5, 0.6) is 0 Å². The molecule has 1 heterocycles. The molecule has 1 saturated heterocycles. The Kier molecular flexibility index (Phi) is 4.20. The summed E-state index contributed by atoms with van der Waals surface area (Å²) in [5.41, 5.74) is 6.84. The number of β-lactam (4-membered cyclic amide) rings is 1. The molecule has 0 unspecified atom stereocenters. The lowest BCUT2D eigenvalue weighted by molar-refractivity contribution is -0.160. The van der Waals surface area contributed by atoms with Gasteiger partial charge in [0.1, 0.15) is 6.04 Å². The third-order valence-corrected chi connectivity index (χ3v) is 5.82. The molecule has 0 N–H and O–H groups in total. The molecule has 1 fully saturated rings. The number of benzene rings is 3. The molecule has 4 heteroatoms. The van der Waals surface area contributed by atoms with Crippen LogP contribution >= 0.6 is 0 Å². The van der Waals surface area contributed by atoms with Crippen LogP contribution in [-0.4, -0.2) is 18.0 Å². The quantitative estimate of drug-likeness (QED) is 0.495. The van der Waals surface area contributed by atoms with Gasteiger partial charge in [0.15, 0.2) is 0 Å². The summed E-state index contributed by atoms with van der Waals surface area (Å²) in [6.07, 6.45) is 1.25. The van der Waals surface area contributed by atoms with Crippen LogP contribution in [0, 0.1) is 0 Å². The first kappa shape index (κ1) is 17.7. The van der Waals surface area contributed by atoms with Crippen LogP contribution in [0.4, 0.5) is 5.69 Å². The van der Waals surface area contributed by atoms with Crippen molar-refractivity contribution in [3.05, 3.63) is 89.5 Å². The zero-order valence-corrected chi connectivity index (χ0v) is 16.2. The predicted octanol–water partition coefficient (Wildman–Crippen LogP) is 4.47. The summed E-state index contributed by atoms with van der Waals surface area (Å²) in [4.78, 5) is 26.2. The average Bonchev–Trinajstić information content (AvgIpc) is 2.75. The van der Waals surface area contributed by atoms with Gasteiger partial charge in [-0.1, -0.05) is 60.7 Å². The van der Waals surface area contributed by atoms with Crippen molar-refractivity contribution in [3.63, 3.8) is 0 Å². The van der Waals surface area contributed by atoms with Crippen molar-refractivity contribution in [1.29, 1.82) is 0 Å². The summed E-state index contributed by atoms with van der Waals surface area (Å²) in [5.74, 6) is -0.624. The Hall–Kier alpha value is -3.40. The first-order chi connectivity index (χ1) is 14.1. The molecule has 1 aliphatic carbocycles. The van der Waals surface area contributed by atoms with Gasteiger partial charge < -0.3 is 4.74 Å². The molecular weight excluding hydrogens is 362 g/mol. The molecule has 0 saturated carbocycles. The number of aryl methyl sites for hydroxylation is 2. The monoisotopic (exact) mass is 383 g/mol. The number of nitrogens with zero attached hydrogens (tertiary/aromatic N) is 1. The van der Waals surface area contributed by atoms with Gasteiger partial charge in [-0.2, -0.15) is 0 Å². The summed E-state index contributed by atoms with van der Waals surface area (Å²) in [6.45, 7) is 1.34. The van der Waals surface area contributed by atoms with Crippen molar-refractivity contribution in [3.8, 4) is 11.1 Å². The highest BCUT2D eigenvalue weighted by Crippen LogP contribution is 2.43. The molecule has 3 aromatic carbocycles. The maximum Gasteiger partial charge on any atom is 0.303 e. The van der Waals surface area contributed by atoms with E-state index in [1.54, 1.807) is 4.90 Å². The van der Waals surface area contributed by atoms with Crippen molar-refractivity contribution >= 4 is 17.6 Å². The standard InChI is InChI=1S/C25H21NO3/c1-16(27)29-24-23(19-8-3-2-4-9-19)26(25(24)28)20-14-13-18-12-11-17-7-5-6-10-21(17)22(18)15-20/h2-10,13-15,23-24H,11-12H2,1H3/t23-,24-/m1/s1. The largest absolute Gasteiger partial charge is 0.450 e. The van der Waals surface area contributed by atoms with E-state index in [1.807, 2.05) is 36.4 Å². The summed E-state index contributed by atoms with van der Waals surface area (Å²) in [5, 5.41) is 0. The number of ether oxygens (including phenoxy) is 1. The zero-order chi connectivity index (χ0) is 20.0. The Morgan fingerprint density at radius 1 is 0.897 bits per heavy atom. The zero-order valence-electron chi connectivity index (χ0n) is 16.2. The van der Waals surface area contributed by atoms with Gasteiger partial charge in [-0.25, -0.2) is 0 Å². The SMILES string of the molecule is CC(=O)O[C@H]1C(=O)N(c2ccc3c(c2)-c2ccccc2CC3)[C@@H]1c1ccccc1. The van der Waals surface area contributed by atoms with E-state index in [-0.39, 0.29) is 11.9 Å². The van der Waals surface area contributed by atoms with Crippen LogP contribution in [-0.2, 0) is 27.2 Å². The first-order valence-corrected chi connectivity index (χ1v) is 9.90. The van der Waals surface area contributed by atoms with Crippen LogP contribution in [0.2, 0.25) is 0 Å². The van der Waals surface area contributed by atoms with E-state index in [0.717, 1.165) is 24.1 Å². The number of esters is 1. The third-order valence-electron chi connectivity index (χ3n) is 5.82. The predicted molar refractivity (Wildman–Crippen MR) is 112 cm³/mol. The van der Waals surface area contributed by atoms with E-state index in [2.05, 4.69) is 36.4 Å². The van der Waals surface area contributed by atoms with E-state index in [0.29, 0.717) is 0 Å². The molecule has 0 aromatic heterocycles. The maximum absolute atomic E-state index is 12.9. The minimum Gasteiger partial charge on any atom is -0.450 e. The van der Waals surface area contributed by atoms with Gasteiger partial charge >= 0.3 is 5.97 Å². The Morgan fingerprint density at radius 3 is 2.34 bits per heavy atom. The molecule has 0 spiro atoms. The number of amides is 1. The molecule has 3 aromatic rings. The Morgan fingerprint density at radius 2 is 1.59 bits per heavy atom. The number of carbonyl (C=O) groups is 2. The van der Waals surface area contributed by atoms with Gasteiger partial charge in [-0.3, -0.25) is 14.5 Å². The lowest BCUT2D eigenvalue weighted by Crippen LogP contribution is -2.60. The normalized spacial score (nSPS) is 19.8. The van der Waals surface area contributed by atoms with Gasteiger partial charge in [0.25, 0.3) is 5.91 Å². The Balaban J connectivity index is 1.57. The summed E-state index contributed by atoms with van der Waals surface area (Å²) < 4.78 is 5.36. The first-order valence-electron chi connectivity index (χ1n) is 9.90. The molecule has 29 heavy (non-hydrogen) atoms. The molecule has 1 aliphatic heterocycles. The summed E-state index contributed by atoms with van der Waals surface area (Å²) >= 11 is 0. The fourth-order valence-corrected chi connectivity index (χ4v) is 4.47. The van der Waals surface area contributed by atoms with Crippen LogP contribution in [0.25, 0.3) is 11.1 Å². The van der Waals surface area contributed by atoms with E-state index in [1.165, 1.54) is 29.2 Å². The van der Waals surface area contributed by atoms with E-state index in [4.69, 9.17) is 4.74 Å². The highest BCUT2D eigenvalue weighted by Gasteiger charge is 2.51. The number of hydrogen-bond acceptors (Lipinski definition) is 3. The van der Waals surface area contributed by atoms with E-state index < -0.39 is 12.1 Å². The van der Waals surface area contributed by atoms with Crippen molar-refractivity contribution < 1.29 is 14.3 Å². The van der Waals surface area contributed by atoms with E-state index in [9.17, 15) is 9.59 Å². The van der Waals surface area contributed by atoms with Crippen LogP contribution < -0.4 is 4.90 Å². The lowest BCUT2D eigenvalue weighted by atomic mass is 9.84. The fraction of sp³-hybridized carbons (Fsp3) is 0.200.